The molecule has 3 aromatic carbocycles. The first kappa shape index (κ1) is 31.0. The molecule has 1 unspecified atom stereocenters. The second kappa shape index (κ2) is 14.4. The Bertz CT molecular complexity index is 1780. The number of carbonyl (C=O) groups excluding carboxylic acids is 2. The van der Waals surface area contributed by atoms with Crippen LogP contribution in [0.1, 0.15) is 46.9 Å². The van der Waals surface area contributed by atoms with Crippen molar-refractivity contribution in [3.05, 3.63) is 121 Å². The van der Waals surface area contributed by atoms with E-state index in [2.05, 4.69) is 45.0 Å². The Kier molecular flexibility index (Phi) is 9.74. The molecule has 1 fully saturated rings. The highest BCUT2D eigenvalue weighted by Crippen LogP contribution is 2.37. The number of ether oxygens (including phenoxy) is 1. The second-order valence-electron chi connectivity index (χ2n) is 12.1. The van der Waals surface area contributed by atoms with E-state index in [-0.39, 0.29) is 17.9 Å². The van der Waals surface area contributed by atoms with E-state index in [1.807, 2.05) is 78.9 Å². The number of amides is 2. The van der Waals surface area contributed by atoms with Crippen LogP contribution in [0.25, 0.3) is 28.0 Å². The van der Waals surface area contributed by atoms with Gasteiger partial charge in [-0.05, 0) is 53.2 Å². The number of aromatic amines is 1. The van der Waals surface area contributed by atoms with E-state index in [4.69, 9.17) is 4.74 Å². The fourth-order valence-electron chi connectivity index (χ4n) is 6.44. The van der Waals surface area contributed by atoms with Crippen molar-refractivity contribution in [2.24, 2.45) is 5.92 Å². The highest BCUT2D eigenvalue weighted by atomic mass is 16.5. The van der Waals surface area contributed by atoms with Gasteiger partial charge in [0.15, 0.2) is 0 Å². The lowest BCUT2D eigenvalue weighted by molar-refractivity contribution is -0.127. The van der Waals surface area contributed by atoms with Gasteiger partial charge in [0.2, 0.25) is 5.91 Å². The molecule has 1 saturated heterocycles. The number of carbonyl (C=O) groups is 2. The molecule has 0 aliphatic carbocycles. The molecule has 8 nitrogen and oxygen atoms in total. The molecule has 1 atom stereocenters. The topological polar surface area (TPSA) is 83.5 Å². The number of H-pyrrole nitrogens is 1. The fraction of sp³-hybridized carbons (Fsp3) is 0.289. The van der Waals surface area contributed by atoms with E-state index < -0.39 is 0 Å². The lowest BCUT2D eigenvalue weighted by Gasteiger charge is -2.33. The van der Waals surface area contributed by atoms with Crippen molar-refractivity contribution in [3.63, 3.8) is 0 Å². The molecule has 46 heavy (non-hydrogen) atoms. The molecule has 0 spiro atoms. The number of nitrogens with zero attached hydrogens (tertiary/aromatic N) is 4. The van der Waals surface area contributed by atoms with Crippen LogP contribution in [0.3, 0.4) is 0 Å². The van der Waals surface area contributed by atoms with Crippen LogP contribution in [-0.2, 0) is 9.53 Å². The van der Waals surface area contributed by atoms with Gasteiger partial charge in [-0.2, -0.15) is 0 Å². The smallest absolute Gasteiger partial charge is 0.255 e. The Morgan fingerprint density at radius 3 is 2.52 bits per heavy atom. The number of likely N-dealkylation sites (N-methyl/N-ethyl adjacent to an activating group) is 1. The molecule has 3 heterocycles. The maximum absolute atomic E-state index is 13.9. The highest BCUT2D eigenvalue weighted by Gasteiger charge is 2.29. The van der Waals surface area contributed by atoms with E-state index in [1.54, 1.807) is 24.4 Å². The van der Waals surface area contributed by atoms with Crippen LogP contribution in [0.5, 0.6) is 0 Å². The predicted molar refractivity (Wildman–Crippen MR) is 182 cm³/mol. The van der Waals surface area contributed by atoms with Gasteiger partial charge < -0.3 is 24.1 Å². The fourth-order valence-corrected chi connectivity index (χ4v) is 6.44. The summed E-state index contributed by atoms with van der Waals surface area (Å²) >= 11 is 0. The van der Waals surface area contributed by atoms with Gasteiger partial charge in [-0.1, -0.05) is 72.8 Å². The lowest BCUT2D eigenvalue weighted by atomic mass is 9.89. The summed E-state index contributed by atoms with van der Waals surface area (Å²) < 4.78 is 7.45. The van der Waals surface area contributed by atoms with E-state index in [0.717, 1.165) is 65.5 Å². The number of imidazole rings is 1. The Balaban J connectivity index is 1.27. The van der Waals surface area contributed by atoms with E-state index in [9.17, 15) is 9.59 Å². The molecule has 5 aromatic rings. The average Bonchev–Trinajstić information content (AvgIpc) is 3.80. The molecule has 0 bridgehead atoms. The van der Waals surface area contributed by atoms with E-state index in [0.29, 0.717) is 24.6 Å². The van der Waals surface area contributed by atoms with Crippen molar-refractivity contribution in [3.8, 4) is 11.1 Å². The summed E-state index contributed by atoms with van der Waals surface area (Å²) in [6.07, 6.45) is 14.0. The average molecular weight is 616 g/mol. The maximum Gasteiger partial charge on any atom is 0.255 e. The minimum atomic E-state index is -0.0488. The van der Waals surface area contributed by atoms with Crippen LogP contribution in [-0.4, -0.2) is 76.5 Å². The number of rotatable bonds is 11. The summed E-state index contributed by atoms with van der Waals surface area (Å²) in [6.45, 7) is 2.41. The van der Waals surface area contributed by atoms with Gasteiger partial charge >= 0.3 is 0 Å². The third-order valence-corrected chi connectivity index (χ3v) is 9.07. The van der Waals surface area contributed by atoms with Gasteiger partial charge in [-0.15, -0.1) is 0 Å². The summed E-state index contributed by atoms with van der Waals surface area (Å²) in [5.74, 6) is 0.415. The van der Waals surface area contributed by atoms with Gasteiger partial charge in [0.25, 0.3) is 5.91 Å². The van der Waals surface area contributed by atoms with Crippen LogP contribution >= 0.6 is 0 Å². The van der Waals surface area contributed by atoms with Gasteiger partial charge in [0, 0.05) is 57.8 Å². The summed E-state index contributed by atoms with van der Waals surface area (Å²) in [5, 5.41) is 2.23. The molecular weight excluding hydrogens is 574 g/mol. The summed E-state index contributed by atoms with van der Waals surface area (Å²) in [5.41, 5.74) is 4.60. The van der Waals surface area contributed by atoms with Crippen molar-refractivity contribution >= 4 is 28.7 Å². The summed E-state index contributed by atoms with van der Waals surface area (Å²) in [6, 6.07) is 24.4. The van der Waals surface area contributed by atoms with Crippen molar-refractivity contribution < 1.29 is 14.3 Å². The normalized spacial score (nSPS) is 14.6. The third-order valence-electron chi connectivity index (χ3n) is 9.07. The number of methoxy groups -OCH3 is 1. The monoisotopic (exact) mass is 615 g/mol. The second-order valence-corrected chi connectivity index (χ2v) is 12.1. The van der Waals surface area contributed by atoms with E-state index in [1.165, 1.54) is 0 Å². The molecule has 8 heteroatoms. The first-order chi connectivity index (χ1) is 22.5. The predicted octanol–water partition coefficient (Wildman–Crippen LogP) is 6.68. The molecule has 2 amide bonds. The number of piperidine rings is 1. The zero-order valence-electron chi connectivity index (χ0n) is 26.5. The van der Waals surface area contributed by atoms with Gasteiger partial charge in [-0.3, -0.25) is 9.59 Å². The van der Waals surface area contributed by atoms with Gasteiger partial charge in [-0.25, -0.2) is 4.98 Å². The van der Waals surface area contributed by atoms with Gasteiger partial charge in [0.05, 0.1) is 36.4 Å². The summed E-state index contributed by atoms with van der Waals surface area (Å²) in [7, 11) is 3.47. The third kappa shape index (κ3) is 6.97. The Morgan fingerprint density at radius 1 is 1.00 bits per heavy atom. The van der Waals surface area contributed by atoms with Crippen LogP contribution in [0.15, 0.2) is 104 Å². The van der Waals surface area contributed by atoms with Crippen molar-refractivity contribution in [2.75, 3.05) is 40.4 Å². The zero-order valence-corrected chi connectivity index (χ0v) is 26.5. The van der Waals surface area contributed by atoms with Crippen molar-refractivity contribution in [1.29, 1.82) is 0 Å². The Labute approximate surface area is 270 Å². The molecule has 6 rings (SSSR count). The molecule has 236 valence electrons. The highest BCUT2D eigenvalue weighted by molar-refractivity contribution is 6.06. The van der Waals surface area contributed by atoms with Crippen molar-refractivity contribution in [1.82, 2.24) is 24.3 Å². The first-order valence-electron chi connectivity index (χ1n) is 16.0. The molecular formula is C38H41N5O3. The number of hydrogen-bond acceptors (Lipinski definition) is 4. The minimum Gasteiger partial charge on any atom is -0.383 e. The number of hydrogen-bond donors (Lipinski definition) is 1. The van der Waals surface area contributed by atoms with Crippen LogP contribution in [0.2, 0.25) is 0 Å². The quantitative estimate of drug-likeness (QED) is 0.168. The standard InChI is InChI=1S/C38H41N5O3/c1-41(21-22-46-2)38(45)34-26-43(25-33(34)32-14-8-12-30-11-6-7-13-31(30)32)36(35-24-39-27-40-35)23-29-17-19-42(20-18-29)37(44)16-15-28-9-4-3-5-10-28/h3-16,24-27,29,36H,17-23H2,1-2H3,(H,39,40). The Morgan fingerprint density at radius 2 is 1.76 bits per heavy atom. The lowest BCUT2D eigenvalue weighted by Crippen LogP contribution is -2.38. The van der Waals surface area contributed by atoms with Crippen molar-refractivity contribution in [2.45, 2.75) is 25.3 Å². The maximum atomic E-state index is 13.9. The number of fused-ring (bicyclic) bond motifs is 1. The summed E-state index contributed by atoms with van der Waals surface area (Å²) in [4.78, 5) is 38.2. The zero-order chi connectivity index (χ0) is 31.9. The SMILES string of the molecule is COCCN(C)C(=O)c1cn(C(CC2CCN(C(=O)C=Cc3ccccc3)CC2)c2cnc[nH]2)cc1-c1cccc2ccccc12. The van der Waals surface area contributed by atoms with Crippen LogP contribution in [0, 0.1) is 5.92 Å². The van der Waals surface area contributed by atoms with Crippen LogP contribution in [0.4, 0.5) is 0 Å². The van der Waals surface area contributed by atoms with Gasteiger partial charge in [0.1, 0.15) is 0 Å². The number of nitrogens with one attached hydrogen (secondary N) is 1. The first-order valence-corrected chi connectivity index (χ1v) is 16.0. The number of benzene rings is 3. The largest absolute Gasteiger partial charge is 0.383 e. The molecule has 1 aliphatic heterocycles. The molecule has 0 saturated carbocycles. The molecule has 0 radical (unpaired) electrons. The molecule has 1 N–H and O–H groups in total. The Hall–Kier alpha value is -4.95. The minimum absolute atomic E-state index is 0.0440. The molecule has 2 aromatic heterocycles. The number of likely N-dealkylation sites (tertiary alicyclic amines) is 1. The molecule has 1 aliphatic rings. The number of aromatic nitrogens is 3. The van der Waals surface area contributed by atoms with Crippen LogP contribution < -0.4 is 0 Å². The van der Waals surface area contributed by atoms with E-state index >= 15 is 0 Å².